The van der Waals surface area contributed by atoms with Crippen LogP contribution in [0.4, 0.5) is 11.4 Å². The van der Waals surface area contributed by atoms with Gasteiger partial charge in [0, 0.05) is 24.2 Å². The van der Waals surface area contributed by atoms with E-state index >= 15 is 0 Å². The van der Waals surface area contributed by atoms with Gasteiger partial charge in [-0.1, -0.05) is 17.7 Å². The Morgan fingerprint density at radius 2 is 1.85 bits per heavy atom. The first kappa shape index (κ1) is 18.0. The highest BCUT2D eigenvalue weighted by atomic mass is 35.5. The molecule has 6 nitrogen and oxygen atoms in total. The van der Waals surface area contributed by atoms with Gasteiger partial charge in [0.25, 0.3) is 11.6 Å². The molecule has 2 aromatic rings. The summed E-state index contributed by atoms with van der Waals surface area (Å²) < 4.78 is 0. The minimum Gasteiger partial charge on any atom is -0.317 e. The largest absolute Gasteiger partial charge is 0.317 e. The van der Waals surface area contributed by atoms with Gasteiger partial charge in [-0.15, -0.1) is 0 Å². The normalized spacial score (nSPS) is 15.9. The standard InChI is InChI=1S/C18H14ClN3O3S/c1-11-3-6-14(10-15(11)19)21-17(23)16(20(2)18(21)26)9-12-4-7-13(8-5-12)22(24)25/h3-10H,1-2H3. The summed E-state index contributed by atoms with van der Waals surface area (Å²) in [5.41, 5.74) is 2.53. The van der Waals surface area contributed by atoms with Crippen LogP contribution in [0, 0.1) is 17.0 Å². The number of amides is 1. The number of carbonyl (C=O) groups is 1. The van der Waals surface area contributed by atoms with Crippen LogP contribution in [-0.2, 0) is 4.79 Å². The molecule has 0 aliphatic carbocycles. The summed E-state index contributed by atoms with van der Waals surface area (Å²) in [6.45, 7) is 1.88. The van der Waals surface area contributed by atoms with E-state index in [-0.39, 0.29) is 11.6 Å². The van der Waals surface area contributed by atoms with E-state index in [4.69, 9.17) is 23.8 Å². The van der Waals surface area contributed by atoms with Crippen molar-refractivity contribution in [3.05, 3.63) is 74.4 Å². The number of carbonyl (C=O) groups excluding carboxylic acids is 1. The smallest absolute Gasteiger partial charge is 0.281 e. The molecule has 0 atom stereocenters. The second-order valence-electron chi connectivity index (χ2n) is 5.79. The van der Waals surface area contributed by atoms with E-state index in [1.54, 1.807) is 42.3 Å². The first-order valence-electron chi connectivity index (χ1n) is 7.64. The van der Waals surface area contributed by atoms with Crippen LogP contribution in [0.25, 0.3) is 6.08 Å². The molecule has 1 fully saturated rings. The maximum atomic E-state index is 12.9. The van der Waals surface area contributed by atoms with Crippen molar-refractivity contribution in [1.82, 2.24) is 4.90 Å². The lowest BCUT2D eigenvalue weighted by Crippen LogP contribution is -2.31. The summed E-state index contributed by atoms with van der Waals surface area (Å²) in [6, 6.07) is 11.3. The van der Waals surface area contributed by atoms with Crippen LogP contribution >= 0.6 is 23.8 Å². The van der Waals surface area contributed by atoms with Gasteiger partial charge >= 0.3 is 0 Å². The van der Waals surface area contributed by atoms with Crippen LogP contribution in [0.15, 0.2) is 48.2 Å². The van der Waals surface area contributed by atoms with Gasteiger partial charge in [0.1, 0.15) is 5.70 Å². The van der Waals surface area contributed by atoms with Gasteiger partial charge in [-0.05, 0) is 60.6 Å². The molecule has 1 aliphatic heterocycles. The third-order valence-electron chi connectivity index (χ3n) is 4.08. The van der Waals surface area contributed by atoms with Crippen LogP contribution in [0.3, 0.4) is 0 Å². The molecular formula is C18H14ClN3O3S. The highest BCUT2D eigenvalue weighted by Crippen LogP contribution is 2.30. The summed E-state index contributed by atoms with van der Waals surface area (Å²) in [6.07, 6.45) is 1.65. The molecule has 0 spiro atoms. The van der Waals surface area contributed by atoms with E-state index in [1.165, 1.54) is 17.0 Å². The average molecular weight is 388 g/mol. The fourth-order valence-corrected chi connectivity index (χ4v) is 3.02. The Kier molecular flexibility index (Phi) is 4.76. The van der Waals surface area contributed by atoms with Crippen LogP contribution in [-0.4, -0.2) is 27.9 Å². The SMILES string of the molecule is Cc1ccc(N2C(=O)C(=Cc3ccc([N+](=O)[O-])cc3)N(C)C2=S)cc1Cl. The number of nitro groups is 1. The van der Waals surface area contributed by atoms with E-state index in [0.717, 1.165) is 5.56 Å². The highest BCUT2D eigenvalue weighted by Gasteiger charge is 2.36. The first-order valence-corrected chi connectivity index (χ1v) is 8.42. The number of nitrogens with zero attached hydrogens (tertiary/aromatic N) is 3. The van der Waals surface area contributed by atoms with E-state index in [0.29, 0.717) is 27.1 Å². The molecule has 0 N–H and O–H groups in total. The van der Waals surface area contributed by atoms with E-state index in [2.05, 4.69) is 0 Å². The number of hydrogen-bond acceptors (Lipinski definition) is 4. The number of aryl methyl sites for hydroxylation is 1. The molecule has 8 heteroatoms. The Bertz CT molecular complexity index is 957. The van der Waals surface area contributed by atoms with Crippen LogP contribution in [0.5, 0.6) is 0 Å². The maximum absolute atomic E-state index is 12.9. The Labute approximate surface area is 160 Å². The number of hydrogen-bond donors (Lipinski definition) is 0. The van der Waals surface area contributed by atoms with E-state index in [9.17, 15) is 14.9 Å². The summed E-state index contributed by atoms with van der Waals surface area (Å²) >= 11 is 11.6. The molecular weight excluding hydrogens is 374 g/mol. The number of halogens is 1. The Hall–Kier alpha value is -2.77. The lowest BCUT2D eigenvalue weighted by molar-refractivity contribution is -0.384. The number of benzene rings is 2. The molecule has 0 unspecified atom stereocenters. The fourth-order valence-electron chi connectivity index (χ4n) is 2.56. The molecule has 1 amide bonds. The van der Waals surface area contributed by atoms with Crippen molar-refractivity contribution in [2.75, 3.05) is 11.9 Å². The third-order valence-corrected chi connectivity index (χ3v) is 4.95. The molecule has 1 heterocycles. The molecule has 26 heavy (non-hydrogen) atoms. The Morgan fingerprint density at radius 1 is 1.19 bits per heavy atom. The van der Waals surface area contributed by atoms with Gasteiger partial charge in [-0.25, -0.2) is 0 Å². The van der Waals surface area contributed by atoms with Crippen molar-refractivity contribution >= 4 is 52.3 Å². The summed E-state index contributed by atoms with van der Waals surface area (Å²) in [5, 5.41) is 11.6. The molecule has 2 aromatic carbocycles. The Balaban J connectivity index is 1.96. The quantitative estimate of drug-likeness (QED) is 0.342. The lowest BCUT2D eigenvalue weighted by atomic mass is 10.1. The molecule has 0 saturated carbocycles. The number of non-ortho nitro benzene ring substituents is 1. The van der Waals surface area contributed by atoms with E-state index < -0.39 is 4.92 Å². The summed E-state index contributed by atoms with van der Waals surface area (Å²) in [7, 11) is 1.70. The predicted molar refractivity (Wildman–Crippen MR) is 105 cm³/mol. The minimum absolute atomic E-state index is 0.00954. The van der Waals surface area contributed by atoms with Gasteiger partial charge in [0.15, 0.2) is 5.11 Å². The topological polar surface area (TPSA) is 66.7 Å². The zero-order chi connectivity index (χ0) is 19.0. The number of thiocarbonyl (C=S) groups is 1. The van der Waals surface area contributed by atoms with Crippen LogP contribution in [0.2, 0.25) is 5.02 Å². The van der Waals surface area contributed by atoms with Crippen molar-refractivity contribution in [1.29, 1.82) is 0 Å². The maximum Gasteiger partial charge on any atom is 0.281 e. The van der Waals surface area contributed by atoms with Crippen LogP contribution < -0.4 is 4.90 Å². The summed E-state index contributed by atoms with van der Waals surface area (Å²) in [4.78, 5) is 26.2. The van der Waals surface area contributed by atoms with Gasteiger partial charge in [-0.2, -0.15) is 0 Å². The second-order valence-corrected chi connectivity index (χ2v) is 6.57. The molecule has 1 aliphatic rings. The fraction of sp³-hybridized carbons (Fsp3) is 0.111. The monoisotopic (exact) mass is 387 g/mol. The predicted octanol–water partition coefficient (Wildman–Crippen LogP) is 4.16. The molecule has 132 valence electrons. The van der Waals surface area contributed by atoms with Crippen LogP contribution in [0.1, 0.15) is 11.1 Å². The van der Waals surface area contributed by atoms with Crippen molar-refractivity contribution in [3.8, 4) is 0 Å². The molecule has 0 radical (unpaired) electrons. The zero-order valence-corrected chi connectivity index (χ0v) is 15.5. The van der Waals surface area contributed by atoms with E-state index in [1.807, 2.05) is 13.0 Å². The van der Waals surface area contributed by atoms with Crippen molar-refractivity contribution < 1.29 is 9.72 Å². The highest BCUT2D eigenvalue weighted by molar-refractivity contribution is 7.80. The Morgan fingerprint density at radius 3 is 2.42 bits per heavy atom. The van der Waals surface area contributed by atoms with Crippen molar-refractivity contribution in [2.45, 2.75) is 6.92 Å². The van der Waals surface area contributed by atoms with Crippen molar-refractivity contribution in [3.63, 3.8) is 0 Å². The molecule has 0 aromatic heterocycles. The van der Waals surface area contributed by atoms with Gasteiger partial charge in [-0.3, -0.25) is 19.8 Å². The molecule has 0 bridgehead atoms. The van der Waals surface area contributed by atoms with Gasteiger partial charge in [0.2, 0.25) is 0 Å². The minimum atomic E-state index is -0.470. The molecule has 1 saturated heterocycles. The third kappa shape index (κ3) is 3.18. The molecule has 3 rings (SSSR count). The number of likely N-dealkylation sites (N-methyl/N-ethyl adjacent to an activating group) is 1. The lowest BCUT2D eigenvalue weighted by Gasteiger charge is -2.17. The summed E-state index contributed by atoms with van der Waals surface area (Å²) in [5.74, 6) is -0.282. The number of rotatable bonds is 3. The first-order chi connectivity index (χ1) is 12.3. The van der Waals surface area contributed by atoms with Crippen molar-refractivity contribution in [2.24, 2.45) is 0 Å². The zero-order valence-electron chi connectivity index (χ0n) is 14.0. The number of anilines is 1. The number of nitro benzene ring substituents is 1. The second kappa shape index (κ2) is 6.86. The van der Waals surface area contributed by atoms with Gasteiger partial charge in [0.05, 0.1) is 10.6 Å². The van der Waals surface area contributed by atoms with Gasteiger partial charge < -0.3 is 4.90 Å². The average Bonchev–Trinajstić information content (AvgIpc) is 2.81.